The summed E-state index contributed by atoms with van der Waals surface area (Å²) in [4.78, 5) is 0. The molecular formula is C20H25Cl2NO3. The predicted octanol–water partition coefficient (Wildman–Crippen LogP) is 4.83. The van der Waals surface area contributed by atoms with Crippen LogP contribution in [0.3, 0.4) is 0 Å². The van der Waals surface area contributed by atoms with Crippen LogP contribution >= 0.6 is 23.2 Å². The molecule has 2 rings (SSSR count). The van der Waals surface area contributed by atoms with Crippen LogP contribution in [0, 0.1) is 0 Å². The number of hydrogen-bond donors (Lipinski definition) is 2. The van der Waals surface area contributed by atoms with Crippen LogP contribution in [0.2, 0.25) is 10.0 Å². The summed E-state index contributed by atoms with van der Waals surface area (Å²) in [6.07, 6.45) is 0.870. The second kappa shape index (κ2) is 10.6. The van der Waals surface area contributed by atoms with Crippen LogP contribution in [0.1, 0.15) is 31.4 Å². The number of rotatable bonds is 10. The predicted molar refractivity (Wildman–Crippen MR) is 106 cm³/mol. The monoisotopic (exact) mass is 397 g/mol. The number of aliphatic hydroxyl groups excluding tert-OH is 1. The molecule has 0 saturated carbocycles. The Kier molecular flexibility index (Phi) is 8.52. The molecule has 4 nitrogen and oxygen atoms in total. The zero-order chi connectivity index (χ0) is 18.9. The highest BCUT2D eigenvalue weighted by Gasteiger charge is 2.11. The van der Waals surface area contributed by atoms with Crippen LogP contribution in [0.25, 0.3) is 0 Å². The van der Waals surface area contributed by atoms with Gasteiger partial charge >= 0.3 is 0 Å². The molecule has 0 heterocycles. The number of ether oxygens (including phenoxy) is 2. The summed E-state index contributed by atoms with van der Waals surface area (Å²) in [5.74, 6) is 1.31. The minimum atomic E-state index is 0.0869. The van der Waals surface area contributed by atoms with E-state index in [4.69, 9.17) is 32.7 Å². The number of nitrogens with one attached hydrogen (secondary N) is 1. The summed E-state index contributed by atoms with van der Waals surface area (Å²) in [5.41, 5.74) is 1.81. The summed E-state index contributed by atoms with van der Waals surface area (Å²) in [5, 5.41) is 13.7. The molecule has 26 heavy (non-hydrogen) atoms. The zero-order valence-electron chi connectivity index (χ0n) is 15.1. The molecule has 0 spiro atoms. The van der Waals surface area contributed by atoms with Gasteiger partial charge in [-0.15, -0.1) is 0 Å². The van der Waals surface area contributed by atoms with Gasteiger partial charge in [0.1, 0.15) is 6.61 Å². The van der Waals surface area contributed by atoms with E-state index in [1.165, 1.54) is 0 Å². The quantitative estimate of drug-likeness (QED) is 0.602. The smallest absolute Gasteiger partial charge is 0.161 e. The fourth-order valence-corrected chi connectivity index (χ4v) is 2.98. The SMILES string of the molecule is CCOc1cc(CNC(CC)CO)ccc1OCc1c(Cl)cccc1Cl. The summed E-state index contributed by atoms with van der Waals surface area (Å²) in [6, 6.07) is 11.3. The van der Waals surface area contributed by atoms with Gasteiger partial charge in [-0.05, 0) is 43.2 Å². The van der Waals surface area contributed by atoms with Crippen LogP contribution in [-0.4, -0.2) is 24.4 Å². The maximum atomic E-state index is 9.28. The standard InChI is InChI=1S/C20H25Cl2NO3/c1-3-15(12-24)23-11-14-8-9-19(20(10-14)25-4-2)26-13-16-17(21)6-5-7-18(16)22/h5-10,15,23-24H,3-4,11-13H2,1-2H3. The third-order valence-electron chi connectivity index (χ3n) is 4.05. The van der Waals surface area contributed by atoms with Gasteiger partial charge in [0.15, 0.2) is 11.5 Å². The first-order valence-electron chi connectivity index (χ1n) is 8.74. The van der Waals surface area contributed by atoms with E-state index in [0.29, 0.717) is 34.7 Å². The Morgan fingerprint density at radius 3 is 2.38 bits per heavy atom. The molecule has 6 heteroatoms. The molecule has 0 fully saturated rings. The van der Waals surface area contributed by atoms with E-state index < -0.39 is 0 Å². The van der Waals surface area contributed by atoms with Crippen molar-refractivity contribution in [1.29, 1.82) is 0 Å². The Bertz CT molecular complexity index is 685. The molecule has 0 bridgehead atoms. The highest BCUT2D eigenvalue weighted by Crippen LogP contribution is 2.31. The average molecular weight is 398 g/mol. The van der Waals surface area contributed by atoms with Gasteiger partial charge in [-0.1, -0.05) is 42.3 Å². The van der Waals surface area contributed by atoms with Crippen molar-refractivity contribution < 1.29 is 14.6 Å². The van der Waals surface area contributed by atoms with Crippen molar-refractivity contribution in [3.05, 3.63) is 57.6 Å². The van der Waals surface area contributed by atoms with Gasteiger partial charge in [-0.3, -0.25) is 0 Å². The van der Waals surface area contributed by atoms with E-state index in [1.807, 2.05) is 32.0 Å². The Labute approximate surface area is 165 Å². The molecule has 1 atom stereocenters. The zero-order valence-corrected chi connectivity index (χ0v) is 16.6. The summed E-state index contributed by atoms with van der Waals surface area (Å²) in [7, 11) is 0. The lowest BCUT2D eigenvalue weighted by Gasteiger charge is -2.17. The van der Waals surface area contributed by atoms with Gasteiger partial charge in [-0.25, -0.2) is 0 Å². The van der Waals surface area contributed by atoms with Crippen LogP contribution < -0.4 is 14.8 Å². The van der Waals surface area contributed by atoms with E-state index in [-0.39, 0.29) is 19.3 Å². The Morgan fingerprint density at radius 2 is 1.77 bits per heavy atom. The van der Waals surface area contributed by atoms with Crippen molar-refractivity contribution >= 4 is 23.2 Å². The molecular weight excluding hydrogens is 373 g/mol. The first kappa shape index (κ1) is 20.8. The summed E-state index contributed by atoms with van der Waals surface area (Å²) < 4.78 is 11.6. The lowest BCUT2D eigenvalue weighted by atomic mass is 10.1. The van der Waals surface area contributed by atoms with Crippen LogP contribution in [-0.2, 0) is 13.2 Å². The highest BCUT2D eigenvalue weighted by atomic mass is 35.5. The first-order valence-corrected chi connectivity index (χ1v) is 9.50. The van der Waals surface area contributed by atoms with Crippen molar-refractivity contribution in [3.8, 4) is 11.5 Å². The lowest BCUT2D eigenvalue weighted by Crippen LogP contribution is -2.31. The van der Waals surface area contributed by atoms with Crippen LogP contribution in [0.15, 0.2) is 36.4 Å². The Balaban J connectivity index is 2.10. The average Bonchev–Trinajstić information content (AvgIpc) is 2.64. The second-order valence-electron chi connectivity index (χ2n) is 5.87. The molecule has 0 saturated heterocycles. The third-order valence-corrected chi connectivity index (χ3v) is 4.76. The molecule has 2 aromatic rings. The van der Waals surface area contributed by atoms with Crippen molar-refractivity contribution in [2.75, 3.05) is 13.2 Å². The van der Waals surface area contributed by atoms with E-state index in [0.717, 1.165) is 17.5 Å². The molecule has 2 aromatic carbocycles. The first-order chi connectivity index (χ1) is 12.6. The molecule has 0 aliphatic carbocycles. The van der Waals surface area contributed by atoms with Crippen molar-refractivity contribution in [2.24, 2.45) is 0 Å². The Morgan fingerprint density at radius 1 is 1.04 bits per heavy atom. The molecule has 0 aromatic heterocycles. The van der Waals surface area contributed by atoms with Crippen molar-refractivity contribution in [2.45, 2.75) is 39.5 Å². The van der Waals surface area contributed by atoms with Gasteiger partial charge in [0.2, 0.25) is 0 Å². The number of halogens is 2. The van der Waals surface area contributed by atoms with Gasteiger partial charge in [0.25, 0.3) is 0 Å². The summed E-state index contributed by atoms with van der Waals surface area (Å²) >= 11 is 12.4. The Hall–Kier alpha value is -1.46. The number of aliphatic hydroxyl groups is 1. The second-order valence-corrected chi connectivity index (χ2v) is 6.69. The fraction of sp³-hybridized carbons (Fsp3) is 0.400. The van der Waals surface area contributed by atoms with Gasteiger partial charge in [-0.2, -0.15) is 0 Å². The van der Waals surface area contributed by atoms with Crippen LogP contribution in [0.5, 0.6) is 11.5 Å². The molecule has 0 radical (unpaired) electrons. The third kappa shape index (κ3) is 5.78. The number of benzene rings is 2. The molecule has 1 unspecified atom stereocenters. The van der Waals surface area contributed by atoms with E-state index in [2.05, 4.69) is 5.32 Å². The summed E-state index contributed by atoms with van der Waals surface area (Å²) in [6.45, 7) is 5.53. The largest absolute Gasteiger partial charge is 0.490 e. The molecule has 142 valence electrons. The maximum Gasteiger partial charge on any atom is 0.161 e. The number of hydrogen-bond acceptors (Lipinski definition) is 4. The van der Waals surface area contributed by atoms with E-state index in [9.17, 15) is 5.11 Å². The molecule has 0 aliphatic rings. The minimum absolute atomic E-state index is 0.0869. The van der Waals surface area contributed by atoms with Gasteiger partial charge in [0, 0.05) is 28.2 Å². The molecule has 2 N–H and O–H groups in total. The highest BCUT2D eigenvalue weighted by molar-refractivity contribution is 6.35. The van der Waals surface area contributed by atoms with Crippen molar-refractivity contribution in [3.63, 3.8) is 0 Å². The topological polar surface area (TPSA) is 50.7 Å². The minimum Gasteiger partial charge on any atom is -0.490 e. The maximum absolute atomic E-state index is 9.28. The van der Waals surface area contributed by atoms with E-state index in [1.54, 1.807) is 18.2 Å². The van der Waals surface area contributed by atoms with Gasteiger partial charge < -0.3 is 19.9 Å². The van der Waals surface area contributed by atoms with E-state index >= 15 is 0 Å². The normalized spacial score (nSPS) is 12.0. The van der Waals surface area contributed by atoms with Crippen LogP contribution in [0.4, 0.5) is 0 Å². The van der Waals surface area contributed by atoms with Crippen molar-refractivity contribution in [1.82, 2.24) is 5.32 Å². The fourth-order valence-electron chi connectivity index (χ4n) is 2.47. The molecule has 0 aliphatic heterocycles. The van der Waals surface area contributed by atoms with Gasteiger partial charge in [0.05, 0.1) is 13.2 Å². The molecule has 0 amide bonds. The lowest BCUT2D eigenvalue weighted by molar-refractivity contribution is 0.238.